The molecular weight excluding hydrogens is 365 g/mol. The van der Waals surface area contributed by atoms with E-state index in [9.17, 15) is 9.59 Å². The summed E-state index contributed by atoms with van der Waals surface area (Å²) in [5.74, 6) is -0.577. The highest BCUT2D eigenvalue weighted by molar-refractivity contribution is 6.36. The van der Waals surface area contributed by atoms with E-state index < -0.39 is 6.04 Å². The van der Waals surface area contributed by atoms with Crippen molar-refractivity contribution in [3.8, 4) is 0 Å². The van der Waals surface area contributed by atoms with Crippen LogP contribution in [-0.4, -0.2) is 44.7 Å². The highest BCUT2D eigenvalue weighted by Gasteiger charge is 2.34. The van der Waals surface area contributed by atoms with Gasteiger partial charge in [0.25, 0.3) is 5.91 Å². The number of carbonyl (C=O) groups is 2. The van der Waals surface area contributed by atoms with Crippen LogP contribution in [-0.2, 0) is 4.79 Å². The summed E-state index contributed by atoms with van der Waals surface area (Å²) in [6.45, 7) is 2.20. The number of aromatic amines is 1. The summed E-state index contributed by atoms with van der Waals surface area (Å²) in [6, 6.07) is 4.26. The van der Waals surface area contributed by atoms with E-state index in [1.54, 1.807) is 30.0 Å². The number of piperidine rings is 1. The number of hydrogen-bond acceptors (Lipinski definition) is 4. The van der Waals surface area contributed by atoms with Crippen LogP contribution < -0.4 is 5.32 Å². The Kier molecular flexibility index (Phi) is 5.24. The molecule has 25 heavy (non-hydrogen) atoms. The van der Waals surface area contributed by atoms with Crippen LogP contribution in [0.25, 0.3) is 0 Å². The third-order valence-electron chi connectivity index (χ3n) is 4.18. The molecule has 2 amide bonds. The lowest BCUT2D eigenvalue weighted by molar-refractivity contribution is -0.121. The second kappa shape index (κ2) is 7.41. The number of anilines is 1. The van der Waals surface area contributed by atoms with Gasteiger partial charge in [-0.25, -0.2) is 0 Å². The Labute approximate surface area is 154 Å². The Morgan fingerprint density at radius 1 is 1.28 bits per heavy atom. The second-order valence-electron chi connectivity index (χ2n) is 5.88. The molecule has 1 aliphatic rings. The lowest BCUT2D eigenvalue weighted by atomic mass is 10.0. The van der Waals surface area contributed by atoms with Gasteiger partial charge in [-0.3, -0.25) is 9.59 Å². The van der Waals surface area contributed by atoms with E-state index >= 15 is 0 Å². The number of nitrogens with zero attached hydrogens (tertiary/aromatic N) is 3. The van der Waals surface area contributed by atoms with Crippen molar-refractivity contribution in [1.82, 2.24) is 20.3 Å². The first-order valence-corrected chi connectivity index (χ1v) is 8.67. The van der Waals surface area contributed by atoms with Crippen molar-refractivity contribution in [2.45, 2.75) is 32.2 Å². The molecule has 1 fully saturated rings. The third kappa shape index (κ3) is 3.77. The van der Waals surface area contributed by atoms with Crippen molar-refractivity contribution < 1.29 is 9.59 Å². The monoisotopic (exact) mass is 381 g/mol. The van der Waals surface area contributed by atoms with Crippen molar-refractivity contribution in [3.63, 3.8) is 0 Å². The Balaban J connectivity index is 1.79. The maximum absolute atomic E-state index is 12.7. The fourth-order valence-electron chi connectivity index (χ4n) is 2.88. The average Bonchev–Trinajstić information content (AvgIpc) is 3.02. The number of rotatable bonds is 3. The molecule has 1 saturated heterocycles. The Morgan fingerprint density at radius 2 is 2.08 bits per heavy atom. The largest absolute Gasteiger partial charge is 0.325 e. The van der Waals surface area contributed by atoms with Gasteiger partial charge < -0.3 is 10.2 Å². The highest BCUT2D eigenvalue weighted by Crippen LogP contribution is 2.27. The first kappa shape index (κ1) is 17.7. The predicted molar refractivity (Wildman–Crippen MR) is 94.9 cm³/mol. The van der Waals surface area contributed by atoms with Gasteiger partial charge in [-0.1, -0.05) is 23.2 Å². The number of hydrogen-bond donors (Lipinski definition) is 2. The van der Waals surface area contributed by atoms with Crippen LogP contribution in [0.2, 0.25) is 10.0 Å². The fourth-order valence-corrected chi connectivity index (χ4v) is 3.33. The summed E-state index contributed by atoms with van der Waals surface area (Å²) >= 11 is 12.0. The molecular formula is C16H17Cl2N5O2. The molecule has 0 unspecified atom stereocenters. The van der Waals surface area contributed by atoms with Gasteiger partial charge in [0.2, 0.25) is 5.91 Å². The van der Waals surface area contributed by atoms with Crippen LogP contribution >= 0.6 is 23.2 Å². The van der Waals surface area contributed by atoms with Gasteiger partial charge in [0.15, 0.2) is 5.69 Å². The number of H-pyrrole nitrogens is 1. The minimum atomic E-state index is -0.580. The molecule has 1 aromatic carbocycles. The zero-order chi connectivity index (χ0) is 18.0. The van der Waals surface area contributed by atoms with E-state index in [-0.39, 0.29) is 17.5 Å². The van der Waals surface area contributed by atoms with E-state index in [4.69, 9.17) is 23.2 Å². The highest BCUT2D eigenvalue weighted by atomic mass is 35.5. The second-order valence-corrected chi connectivity index (χ2v) is 6.72. The summed E-state index contributed by atoms with van der Waals surface area (Å²) in [5.41, 5.74) is 1.21. The maximum Gasteiger partial charge on any atom is 0.276 e. The van der Waals surface area contributed by atoms with E-state index in [1.807, 2.05) is 0 Å². The van der Waals surface area contributed by atoms with Crippen LogP contribution in [0.4, 0.5) is 5.69 Å². The van der Waals surface area contributed by atoms with E-state index in [0.29, 0.717) is 34.4 Å². The molecule has 1 aliphatic heterocycles. The topological polar surface area (TPSA) is 91.0 Å². The van der Waals surface area contributed by atoms with Crippen molar-refractivity contribution >= 4 is 40.7 Å². The summed E-state index contributed by atoms with van der Waals surface area (Å²) < 4.78 is 0. The van der Waals surface area contributed by atoms with Crippen LogP contribution in [0.15, 0.2) is 18.2 Å². The molecule has 7 nitrogen and oxygen atoms in total. The lowest BCUT2D eigenvalue weighted by Crippen LogP contribution is -2.50. The van der Waals surface area contributed by atoms with Crippen molar-refractivity contribution in [2.75, 3.05) is 11.9 Å². The molecule has 2 N–H and O–H groups in total. The van der Waals surface area contributed by atoms with Gasteiger partial charge in [-0.2, -0.15) is 15.4 Å². The standard InChI is InChI=1S/C16H17Cl2N5O2/c1-9-14(21-22-20-9)16(25)23-7-3-2-4-13(23)15(24)19-12-6-5-10(17)8-11(12)18/h5-6,8,13H,2-4,7H2,1H3,(H,19,24)(H,20,21,22)/t13-/m0/s1. The number of benzene rings is 1. The molecule has 3 rings (SSSR count). The van der Waals surface area contributed by atoms with E-state index in [1.165, 1.54) is 0 Å². The first-order valence-electron chi connectivity index (χ1n) is 7.91. The summed E-state index contributed by atoms with van der Waals surface area (Å²) in [7, 11) is 0. The molecule has 1 aromatic heterocycles. The number of aromatic nitrogens is 3. The molecule has 0 bridgehead atoms. The molecule has 9 heteroatoms. The minimum absolute atomic E-state index is 0.240. The Bertz CT molecular complexity index is 808. The maximum atomic E-state index is 12.7. The summed E-state index contributed by atoms with van der Waals surface area (Å²) in [6.07, 6.45) is 2.29. The zero-order valence-electron chi connectivity index (χ0n) is 13.6. The summed E-state index contributed by atoms with van der Waals surface area (Å²) in [4.78, 5) is 27.0. The van der Waals surface area contributed by atoms with E-state index in [0.717, 1.165) is 12.8 Å². The Morgan fingerprint density at radius 3 is 2.76 bits per heavy atom. The number of amides is 2. The zero-order valence-corrected chi connectivity index (χ0v) is 15.1. The summed E-state index contributed by atoms with van der Waals surface area (Å²) in [5, 5.41) is 13.8. The molecule has 0 aliphatic carbocycles. The Hall–Kier alpha value is -2.12. The van der Waals surface area contributed by atoms with Gasteiger partial charge in [0.1, 0.15) is 6.04 Å². The van der Waals surface area contributed by atoms with Crippen molar-refractivity contribution in [1.29, 1.82) is 0 Å². The number of halogens is 2. The quantitative estimate of drug-likeness (QED) is 0.854. The lowest BCUT2D eigenvalue weighted by Gasteiger charge is -2.34. The van der Waals surface area contributed by atoms with Gasteiger partial charge in [-0.05, 0) is 44.4 Å². The number of likely N-dealkylation sites (tertiary alicyclic amines) is 1. The fraction of sp³-hybridized carbons (Fsp3) is 0.375. The molecule has 0 spiro atoms. The first-order chi connectivity index (χ1) is 12.0. The predicted octanol–water partition coefficient (Wildman–Crippen LogP) is 3.05. The number of nitrogens with one attached hydrogen (secondary N) is 2. The number of aryl methyl sites for hydroxylation is 1. The van der Waals surface area contributed by atoms with Crippen LogP contribution in [0, 0.1) is 6.92 Å². The van der Waals surface area contributed by atoms with Gasteiger partial charge >= 0.3 is 0 Å². The van der Waals surface area contributed by atoms with Crippen molar-refractivity contribution in [3.05, 3.63) is 39.6 Å². The van der Waals surface area contributed by atoms with E-state index in [2.05, 4.69) is 20.7 Å². The van der Waals surface area contributed by atoms with Gasteiger partial charge in [0, 0.05) is 11.6 Å². The third-order valence-corrected chi connectivity index (χ3v) is 4.73. The van der Waals surface area contributed by atoms with Crippen LogP contribution in [0.3, 0.4) is 0 Å². The SMILES string of the molecule is Cc1n[nH]nc1C(=O)N1CCCC[C@H]1C(=O)Nc1ccc(Cl)cc1Cl. The minimum Gasteiger partial charge on any atom is -0.325 e. The van der Waals surface area contributed by atoms with Crippen molar-refractivity contribution in [2.24, 2.45) is 0 Å². The molecule has 2 aromatic rings. The van der Waals surface area contributed by atoms with Gasteiger partial charge in [0.05, 0.1) is 16.4 Å². The van der Waals surface area contributed by atoms with Gasteiger partial charge in [-0.15, -0.1) is 0 Å². The molecule has 2 heterocycles. The van der Waals surface area contributed by atoms with Crippen LogP contribution in [0.5, 0.6) is 0 Å². The molecule has 0 radical (unpaired) electrons. The molecule has 0 saturated carbocycles. The smallest absolute Gasteiger partial charge is 0.276 e. The van der Waals surface area contributed by atoms with Crippen LogP contribution in [0.1, 0.15) is 35.4 Å². The molecule has 132 valence electrons. The average molecular weight is 382 g/mol. The molecule has 1 atom stereocenters. The normalized spacial score (nSPS) is 17.4. The number of carbonyl (C=O) groups excluding carboxylic acids is 2.